The van der Waals surface area contributed by atoms with Crippen molar-refractivity contribution in [1.82, 2.24) is 0 Å². The van der Waals surface area contributed by atoms with Crippen LogP contribution in [0.1, 0.15) is 41.7 Å². The predicted octanol–water partition coefficient (Wildman–Crippen LogP) is 9.08. The maximum atomic E-state index is 4.18. The van der Waals surface area contributed by atoms with E-state index in [9.17, 15) is 0 Å². The molecule has 0 unspecified atom stereocenters. The van der Waals surface area contributed by atoms with Gasteiger partial charge in [-0.1, -0.05) is 72.5 Å². The highest BCUT2D eigenvalue weighted by Crippen LogP contribution is 2.36. The molecule has 0 saturated carbocycles. The molecule has 3 nitrogen and oxygen atoms in total. The van der Waals surface area contributed by atoms with Crippen LogP contribution in [0.15, 0.2) is 101 Å². The molecule has 5 aromatic rings. The third-order valence-corrected chi connectivity index (χ3v) is 6.74. The van der Waals surface area contributed by atoms with E-state index in [1.54, 1.807) is 7.05 Å². The first-order chi connectivity index (χ1) is 19.2. The van der Waals surface area contributed by atoms with Crippen molar-refractivity contribution < 1.29 is 0 Å². The summed E-state index contributed by atoms with van der Waals surface area (Å²) < 4.78 is 0. The van der Waals surface area contributed by atoms with Gasteiger partial charge in [-0.05, 0) is 94.1 Å². The molecule has 0 amide bonds. The number of nitrogens with one attached hydrogen (secondary N) is 1. The van der Waals surface area contributed by atoms with E-state index in [2.05, 4.69) is 124 Å². The van der Waals surface area contributed by atoms with E-state index in [-0.39, 0.29) is 0 Å². The Hall–Kier alpha value is -5.12. The first-order valence-electron chi connectivity index (χ1n) is 12.9. The van der Waals surface area contributed by atoms with E-state index in [0.29, 0.717) is 0 Å². The minimum atomic E-state index is 0.826. The number of nitrogens with zero attached hydrogens (tertiary/aromatic N) is 2. The monoisotopic (exact) mass is 503 g/mol. The van der Waals surface area contributed by atoms with Gasteiger partial charge in [-0.2, -0.15) is 10.2 Å². The summed E-state index contributed by atoms with van der Waals surface area (Å²) in [4.78, 5) is 0. The van der Waals surface area contributed by atoms with E-state index in [1.165, 1.54) is 0 Å². The number of anilines is 1. The summed E-state index contributed by atoms with van der Waals surface area (Å²) in [5.74, 6) is 13.0. The van der Waals surface area contributed by atoms with Gasteiger partial charge in [0.1, 0.15) is 0 Å². The zero-order valence-electron chi connectivity index (χ0n) is 22.6. The molecular formula is C36H29N3. The Morgan fingerprint density at radius 2 is 1.28 bits per heavy atom. The van der Waals surface area contributed by atoms with Crippen LogP contribution in [-0.4, -0.2) is 14.1 Å². The van der Waals surface area contributed by atoms with E-state index >= 15 is 0 Å². The minimum Gasteiger partial charge on any atom is -0.388 e. The fraction of sp³-hybridized carbons (Fsp3) is 0.111. The minimum absolute atomic E-state index is 0.826. The second kappa shape index (κ2) is 11.5. The average molecular weight is 504 g/mol. The lowest BCUT2D eigenvalue weighted by molar-refractivity contribution is 1.17. The average Bonchev–Trinajstić information content (AvgIpc) is 2.98. The van der Waals surface area contributed by atoms with Crippen LogP contribution in [0.4, 0.5) is 11.4 Å². The highest BCUT2D eigenvalue weighted by atomic mass is 15.1. The second-order valence-electron chi connectivity index (χ2n) is 9.08. The normalized spacial score (nSPS) is 11.2. The van der Waals surface area contributed by atoms with Crippen molar-refractivity contribution >= 4 is 44.6 Å². The highest BCUT2D eigenvalue weighted by molar-refractivity contribution is 6.11. The van der Waals surface area contributed by atoms with Crippen LogP contribution < -0.4 is 5.32 Å². The first kappa shape index (κ1) is 25.5. The molecule has 0 radical (unpaired) electrons. The summed E-state index contributed by atoms with van der Waals surface area (Å²) in [5, 5.41) is 15.8. The van der Waals surface area contributed by atoms with Gasteiger partial charge in [0.2, 0.25) is 0 Å². The molecule has 0 saturated heterocycles. The largest absolute Gasteiger partial charge is 0.388 e. The summed E-state index contributed by atoms with van der Waals surface area (Å²) in [5.41, 5.74) is 8.41. The van der Waals surface area contributed by atoms with Crippen LogP contribution in [0.2, 0.25) is 0 Å². The molecule has 0 fully saturated rings. The van der Waals surface area contributed by atoms with Crippen molar-refractivity contribution in [3.8, 4) is 23.7 Å². The van der Waals surface area contributed by atoms with Crippen molar-refractivity contribution in [3.63, 3.8) is 0 Å². The van der Waals surface area contributed by atoms with Gasteiger partial charge in [-0.15, -0.1) is 11.8 Å². The molecule has 0 atom stereocenters. The Kier molecular flexibility index (Phi) is 7.53. The van der Waals surface area contributed by atoms with Gasteiger partial charge in [-0.25, -0.2) is 0 Å². The number of hydrogen-bond acceptors (Lipinski definition) is 3. The number of benzene rings is 5. The van der Waals surface area contributed by atoms with Crippen LogP contribution in [0.25, 0.3) is 33.2 Å². The molecule has 0 spiro atoms. The third-order valence-electron chi connectivity index (χ3n) is 6.74. The Balaban J connectivity index is 1.80. The Morgan fingerprint density at radius 3 is 1.87 bits per heavy atom. The van der Waals surface area contributed by atoms with Crippen molar-refractivity contribution in [3.05, 3.63) is 119 Å². The molecule has 0 bridgehead atoms. The SMILES string of the molecule is CC#Cc1c2ccccc2c(C#CC)c2cc(/C(=C\c3ccc(NC)cc3)c3ccc(N=NC)cc3)ccc12. The second-order valence-corrected chi connectivity index (χ2v) is 9.08. The van der Waals surface area contributed by atoms with Crippen molar-refractivity contribution in [1.29, 1.82) is 0 Å². The Morgan fingerprint density at radius 1 is 0.692 bits per heavy atom. The molecule has 0 heterocycles. The molecule has 3 heteroatoms. The lowest BCUT2D eigenvalue weighted by Gasteiger charge is -2.15. The summed E-state index contributed by atoms with van der Waals surface area (Å²) >= 11 is 0. The third kappa shape index (κ3) is 5.17. The summed E-state index contributed by atoms with van der Waals surface area (Å²) in [6.45, 7) is 3.77. The fourth-order valence-electron chi connectivity index (χ4n) is 4.93. The van der Waals surface area contributed by atoms with Gasteiger partial charge < -0.3 is 5.32 Å². The summed E-state index contributed by atoms with van der Waals surface area (Å²) in [6.07, 6.45) is 2.23. The van der Waals surface area contributed by atoms with E-state index < -0.39 is 0 Å². The zero-order chi connectivity index (χ0) is 27.2. The Bertz CT molecular complexity index is 1850. The van der Waals surface area contributed by atoms with Gasteiger partial charge in [0.05, 0.1) is 5.69 Å². The number of rotatable bonds is 5. The van der Waals surface area contributed by atoms with E-state index in [0.717, 1.165) is 66.3 Å². The van der Waals surface area contributed by atoms with Gasteiger partial charge in [-0.3, -0.25) is 0 Å². The van der Waals surface area contributed by atoms with Gasteiger partial charge in [0.15, 0.2) is 0 Å². The van der Waals surface area contributed by atoms with E-state index in [1.807, 2.05) is 33.0 Å². The van der Waals surface area contributed by atoms with Gasteiger partial charge >= 0.3 is 0 Å². The highest BCUT2D eigenvalue weighted by Gasteiger charge is 2.14. The molecule has 0 aliphatic heterocycles. The first-order valence-corrected chi connectivity index (χ1v) is 12.9. The number of hydrogen-bond donors (Lipinski definition) is 1. The molecule has 5 rings (SSSR count). The molecule has 1 N–H and O–H groups in total. The van der Waals surface area contributed by atoms with Crippen LogP contribution in [0, 0.1) is 23.7 Å². The molecule has 0 aromatic heterocycles. The maximum absolute atomic E-state index is 4.18. The summed E-state index contributed by atoms with van der Waals surface area (Å²) in [7, 11) is 3.61. The molecule has 39 heavy (non-hydrogen) atoms. The molecule has 188 valence electrons. The van der Waals surface area contributed by atoms with Crippen molar-refractivity contribution in [2.45, 2.75) is 13.8 Å². The van der Waals surface area contributed by atoms with Crippen LogP contribution >= 0.6 is 0 Å². The number of azo groups is 1. The van der Waals surface area contributed by atoms with Crippen LogP contribution in [0.3, 0.4) is 0 Å². The zero-order valence-corrected chi connectivity index (χ0v) is 22.6. The summed E-state index contributed by atoms with van der Waals surface area (Å²) in [6, 6.07) is 31.7. The molecule has 0 aliphatic carbocycles. The fourth-order valence-corrected chi connectivity index (χ4v) is 4.93. The topological polar surface area (TPSA) is 36.8 Å². The van der Waals surface area contributed by atoms with Crippen molar-refractivity contribution in [2.75, 3.05) is 19.4 Å². The molecule has 5 aromatic carbocycles. The standard InChI is InChI=1S/C36H29N3/c1-5-9-30-32-11-7-8-12-33(32)31(10-6-2)36-24-27(17-22-34(30)36)35(23-25-13-18-28(37-3)19-14-25)26-15-20-29(21-16-26)39-38-4/h7-8,11-24,37H,1-4H3/b35-23-,39-38?. The number of fused-ring (bicyclic) bond motifs is 2. The van der Waals surface area contributed by atoms with Gasteiger partial charge in [0, 0.05) is 30.9 Å². The van der Waals surface area contributed by atoms with E-state index in [4.69, 9.17) is 0 Å². The van der Waals surface area contributed by atoms with Crippen LogP contribution in [0.5, 0.6) is 0 Å². The maximum Gasteiger partial charge on any atom is 0.0852 e. The lowest BCUT2D eigenvalue weighted by atomic mass is 9.88. The van der Waals surface area contributed by atoms with Crippen LogP contribution in [-0.2, 0) is 0 Å². The lowest BCUT2D eigenvalue weighted by Crippen LogP contribution is -1.94. The smallest absolute Gasteiger partial charge is 0.0852 e. The molecule has 0 aliphatic rings. The van der Waals surface area contributed by atoms with Gasteiger partial charge in [0.25, 0.3) is 0 Å². The van der Waals surface area contributed by atoms with Crippen molar-refractivity contribution in [2.24, 2.45) is 10.2 Å². The quantitative estimate of drug-likeness (QED) is 0.110. The molecular weight excluding hydrogens is 474 g/mol. The predicted molar refractivity (Wildman–Crippen MR) is 166 cm³/mol. The Labute approximate surface area is 230 Å².